The van der Waals surface area contributed by atoms with Crippen LogP contribution in [0.2, 0.25) is 0 Å². The van der Waals surface area contributed by atoms with Gasteiger partial charge in [0.15, 0.2) is 11.6 Å². The van der Waals surface area contributed by atoms with Gasteiger partial charge in [-0.2, -0.15) is 23.3 Å². The Morgan fingerprint density at radius 2 is 2.00 bits per heavy atom. The van der Waals surface area contributed by atoms with Crippen LogP contribution in [0.25, 0.3) is 10.7 Å². The molecule has 1 saturated heterocycles. The van der Waals surface area contributed by atoms with Gasteiger partial charge in [-0.1, -0.05) is 5.16 Å². The number of nitrogens with zero attached hydrogens (tertiary/aromatic N) is 7. The predicted molar refractivity (Wildman–Crippen MR) is 107 cm³/mol. The number of ether oxygens (including phenoxy) is 1. The van der Waals surface area contributed by atoms with Gasteiger partial charge in [-0.3, -0.25) is 4.98 Å². The van der Waals surface area contributed by atoms with Gasteiger partial charge in [0.1, 0.15) is 5.60 Å². The van der Waals surface area contributed by atoms with E-state index in [1.165, 1.54) is 29.9 Å². The minimum atomic E-state index is -4.71. The first-order chi connectivity index (χ1) is 15.8. The molecule has 1 aliphatic heterocycles. The second-order valence-corrected chi connectivity index (χ2v) is 8.33. The zero-order valence-corrected chi connectivity index (χ0v) is 17.4. The van der Waals surface area contributed by atoms with Crippen LogP contribution < -0.4 is 4.90 Å². The minimum Gasteiger partial charge on any atom is -0.380 e. The van der Waals surface area contributed by atoms with Crippen LogP contribution in [0.3, 0.4) is 0 Å². The Labute approximate surface area is 187 Å². The number of aliphatic hydroxyl groups is 1. The van der Waals surface area contributed by atoms with Gasteiger partial charge in [-0.15, -0.1) is 16.4 Å². The molecule has 33 heavy (non-hydrogen) atoms. The van der Waals surface area contributed by atoms with Crippen molar-refractivity contribution >= 4 is 23.0 Å². The lowest BCUT2D eigenvalue weighted by Crippen LogP contribution is -2.46. The summed E-state index contributed by atoms with van der Waals surface area (Å²) in [5.41, 5.74) is -0.588. The first-order valence-electron chi connectivity index (χ1n) is 9.49. The van der Waals surface area contributed by atoms with Crippen LogP contribution in [0, 0.1) is 0 Å². The van der Waals surface area contributed by atoms with E-state index in [9.17, 15) is 18.3 Å². The Kier molecular flexibility index (Phi) is 5.26. The van der Waals surface area contributed by atoms with Crippen molar-refractivity contribution < 1.29 is 27.5 Å². The maximum atomic E-state index is 12.8. The molecule has 5 rings (SSSR count). The van der Waals surface area contributed by atoms with Gasteiger partial charge in [0.2, 0.25) is 5.82 Å². The lowest BCUT2D eigenvalue weighted by molar-refractivity contribution is -0.184. The monoisotopic (exact) mass is 477 g/mol. The highest BCUT2D eigenvalue weighted by molar-refractivity contribution is 7.15. The molecular weight excluding hydrogens is 463 g/mol. The number of thiophene rings is 1. The molecule has 5 heterocycles. The molecule has 1 fully saturated rings. The van der Waals surface area contributed by atoms with Gasteiger partial charge in [0, 0.05) is 22.8 Å². The van der Waals surface area contributed by atoms with Crippen molar-refractivity contribution in [3.05, 3.63) is 59.3 Å². The van der Waals surface area contributed by atoms with Crippen LogP contribution >= 0.6 is 11.3 Å². The van der Waals surface area contributed by atoms with Gasteiger partial charge in [0.25, 0.3) is 0 Å². The molecule has 170 valence electrons. The van der Waals surface area contributed by atoms with E-state index < -0.39 is 17.7 Å². The molecule has 0 atom stereocenters. The fraction of sp³-hybridized carbons (Fsp3) is 0.263. The molecule has 14 heteroatoms. The maximum absolute atomic E-state index is 12.8. The molecule has 0 spiro atoms. The predicted octanol–water partition coefficient (Wildman–Crippen LogP) is 2.95. The first-order valence-corrected chi connectivity index (χ1v) is 10.3. The third kappa shape index (κ3) is 4.27. The van der Waals surface area contributed by atoms with E-state index in [1.807, 2.05) is 0 Å². The zero-order chi connectivity index (χ0) is 23.1. The summed E-state index contributed by atoms with van der Waals surface area (Å²) in [5, 5.41) is 22.2. The fourth-order valence-electron chi connectivity index (χ4n) is 3.09. The molecule has 0 aromatic carbocycles. The van der Waals surface area contributed by atoms with E-state index in [0.29, 0.717) is 22.1 Å². The molecule has 0 amide bonds. The molecule has 1 N–H and O–H groups in total. The summed E-state index contributed by atoms with van der Waals surface area (Å²) in [7, 11) is 0. The highest BCUT2D eigenvalue weighted by Gasteiger charge is 2.39. The molecule has 0 aliphatic carbocycles. The van der Waals surface area contributed by atoms with Gasteiger partial charge in [0.05, 0.1) is 37.0 Å². The van der Waals surface area contributed by atoms with Crippen molar-refractivity contribution in [2.75, 3.05) is 18.1 Å². The Morgan fingerprint density at radius 3 is 2.67 bits per heavy atom. The summed E-state index contributed by atoms with van der Waals surface area (Å²) in [6, 6.07) is 5.03. The number of alkyl halides is 3. The van der Waals surface area contributed by atoms with Gasteiger partial charge < -0.3 is 19.3 Å². The largest absolute Gasteiger partial charge is 0.471 e. The number of hydrogen-bond donors (Lipinski definition) is 1. The summed E-state index contributed by atoms with van der Waals surface area (Å²) < 4.78 is 47.7. The topological polar surface area (TPSA) is 123 Å². The quantitative estimate of drug-likeness (QED) is 0.443. The van der Waals surface area contributed by atoms with Crippen molar-refractivity contribution in [1.29, 1.82) is 0 Å². The van der Waals surface area contributed by atoms with Crippen LogP contribution in [-0.2, 0) is 23.1 Å². The summed E-state index contributed by atoms with van der Waals surface area (Å²) >= 11 is 1.19. The van der Waals surface area contributed by atoms with Crippen molar-refractivity contribution in [3.8, 4) is 10.7 Å². The van der Waals surface area contributed by atoms with Crippen LogP contribution in [0.5, 0.6) is 0 Å². The fourth-order valence-corrected chi connectivity index (χ4v) is 4.01. The summed E-state index contributed by atoms with van der Waals surface area (Å²) in [6.45, 7) is 0.560. The highest BCUT2D eigenvalue weighted by atomic mass is 32.1. The second kappa shape index (κ2) is 8.13. The molecular formula is C19H14F3N7O3S. The van der Waals surface area contributed by atoms with Crippen LogP contribution in [-0.4, -0.2) is 48.6 Å². The average molecular weight is 477 g/mol. The molecule has 10 nitrogen and oxygen atoms in total. The van der Waals surface area contributed by atoms with E-state index in [0.717, 1.165) is 4.88 Å². The van der Waals surface area contributed by atoms with Crippen LogP contribution in [0.1, 0.15) is 16.3 Å². The van der Waals surface area contributed by atoms with E-state index in [1.54, 1.807) is 29.3 Å². The summed E-state index contributed by atoms with van der Waals surface area (Å²) in [5.74, 6) is -0.686. The molecule has 4 aromatic heterocycles. The number of halogens is 3. The number of rotatable bonds is 6. The average Bonchev–Trinajstić information content (AvgIpc) is 3.46. The van der Waals surface area contributed by atoms with E-state index >= 15 is 0 Å². The Morgan fingerprint density at radius 1 is 1.15 bits per heavy atom. The normalized spacial score (nSPS) is 15.3. The summed E-state index contributed by atoms with van der Waals surface area (Å²) in [6.07, 6.45) is 1.34. The highest BCUT2D eigenvalue weighted by Crippen LogP contribution is 2.35. The van der Waals surface area contributed by atoms with Crippen molar-refractivity contribution in [2.45, 2.75) is 18.3 Å². The Balaban J connectivity index is 1.45. The van der Waals surface area contributed by atoms with Crippen molar-refractivity contribution in [1.82, 2.24) is 30.3 Å². The molecule has 0 unspecified atom stereocenters. The van der Waals surface area contributed by atoms with Crippen molar-refractivity contribution in [3.63, 3.8) is 0 Å². The molecule has 4 aromatic rings. The van der Waals surface area contributed by atoms with Crippen LogP contribution in [0.15, 0.2) is 47.5 Å². The number of anilines is 2. The molecule has 0 saturated carbocycles. The molecule has 0 radical (unpaired) electrons. The van der Waals surface area contributed by atoms with Crippen LogP contribution in [0.4, 0.5) is 24.8 Å². The molecule has 0 bridgehead atoms. The lowest BCUT2D eigenvalue weighted by atomic mass is 9.94. The SMILES string of the molecule is OC1(c2cnnc(N(Cc3ccc(-c4noc(C(F)(F)F)n4)s3)c3cnccn3)c2)COC1. The molecule has 1 aliphatic rings. The third-order valence-corrected chi connectivity index (χ3v) is 5.89. The van der Waals surface area contributed by atoms with Gasteiger partial charge in [-0.05, 0) is 18.2 Å². The van der Waals surface area contributed by atoms with E-state index in [2.05, 4.69) is 34.8 Å². The minimum absolute atomic E-state index is 0.154. The van der Waals surface area contributed by atoms with E-state index in [-0.39, 0.29) is 25.6 Å². The number of aromatic nitrogens is 6. The smallest absolute Gasteiger partial charge is 0.380 e. The lowest BCUT2D eigenvalue weighted by Gasteiger charge is -2.36. The standard InChI is InChI=1S/C19H14F3N7O3S/c20-19(21,22)17-26-16(28-32-17)13-2-1-12(33-13)8-29(15-7-23-3-4-24-15)14-5-11(6-25-27-14)18(30)9-31-10-18/h1-7,30H,8-10H2. The summed E-state index contributed by atoms with van der Waals surface area (Å²) in [4.78, 5) is 14.7. The third-order valence-electron chi connectivity index (χ3n) is 4.83. The first kappa shape index (κ1) is 21.4. The Bertz CT molecular complexity index is 1260. The zero-order valence-electron chi connectivity index (χ0n) is 16.6. The van der Waals surface area contributed by atoms with E-state index in [4.69, 9.17) is 4.74 Å². The van der Waals surface area contributed by atoms with Gasteiger partial charge in [-0.25, -0.2) is 4.98 Å². The second-order valence-electron chi connectivity index (χ2n) is 7.16. The Hall–Kier alpha value is -3.49. The van der Waals surface area contributed by atoms with Crippen molar-refractivity contribution in [2.24, 2.45) is 0 Å². The number of hydrogen-bond acceptors (Lipinski definition) is 11. The van der Waals surface area contributed by atoms with Gasteiger partial charge >= 0.3 is 12.1 Å². The maximum Gasteiger partial charge on any atom is 0.471 e.